The monoisotopic (exact) mass is 248 g/mol. The molecule has 0 fully saturated rings. The van der Waals surface area contributed by atoms with Crippen LogP contribution in [0.25, 0.3) is 11.1 Å². The number of fused-ring (bicyclic) bond motifs is 1. The molecule has 0 spiro atoms. The zero-order valence-electron chi connectivity index (χ0n) is 9.21. The van der Waals surface area contributed by atoms with Crippen molar-refractivity contribution >= 4 is 10.1 Å². The Morgan fingerprint density at radius 1 is 1.00 bits per heavy atom. The van der Waals surface area contributed by atoms with Crippen molar-refractivity contribution in [1.29, 1.82) is 0 Å². The summed E-state index contributed by atoms with van der Waals surface area (Å²) in [4.78, 5) is -0.0382. The summed E-state index contributed by atoms with van der Waals surface area (Å²) >= 11 is 0. The van der Waals surface area contributed by atoms with Crippen LogP contribution in [0.15, 0.2) is 47.4 Å². The van der Waals surface area contributed by atoms with Gasteiger partial charge in [0, 0.05) is 5.56 Å². The predicted molar refractivity (Wildman–Crippen MR) is 54.0 cm³/mol. The zero-order valence-corrected chi connectivity index (χ0v) is 12.2. The number of hydrogen-bond acceptors (Lipinski definition) is 2. The Kier molecular flexibility index (Phi) is 4.48. The van der Waals surface area contributed by atoms with Gasteiger partial charge in [0.15, 0.2) is 0 Å². The van der Waals surface area contributed by atoms with Gasteiger partial charge in [-0.2, -0.15) is 8.42 Å². The van der Waals surface area contributed by atoms with Gasteiger partial charge < -0.3 is 1.43 Å². The fourth-order valence-electron chi connectivity index (χ4n) is 1.41. The molecule has 0 atom stereocenters. The molecule has 0 unspecified atom stereocenters. The van der Waals surface area contributed by atoms with Crippen LogP contribution in [0.5, 0.6) is 0 Å². The fraction of sp³-hybridized carbons (Fsp3) is 0. The van der Waals surface area contributed by atoms with E-state index in [1.807, 2.05) is 6.07 Å². The third kappa shape index (κ3) is 2.88. The van der Waals surface area contributed by atoms with E-state index in [-0.39, 0.29) is 57.7 Å². The van der Waals surface area contributed by atoms with E-state index in [9.17, 15) is 8.42 Å². The molecule has 0 aromatic heterocycles. The normalized spacial score (nSPS) is 11.0. The summed E-state index contributed by atoms with van der Waals surface area (Å²) in [7, 11) is -4.12. The smallest absolute Gasteiger partial charge is 1.00 e. The van der Waals surface area contributed by atoms with Gasteiger partial charge in [0.25, 0.3) is 10.1 Å². The molecular formula is C10H9KO3S. The minimum absolute atomic E-state index is 0. The summed E-state index contributed by atoms with van der Waals surface area (Å²) in [5.74, 6) is 0. The molecule has 0 saturated heterocycles. The molecule has 2 aliphatic carbocycles. The third-order valence-electron chi connectivity index (χ3n) is 2.03. The second-order valence-corrected chi connectivity index (χ2v) is 4.34. The van der Waals surface area contributed by atoms with Crippen molar-refractivity contribution in [2.75, 3.05) is 0 Å². The molecule has 3 nitrogen and oxygen atoms in total. The molecule has 2 rings (SSSR count). The molecule has 0 heterocycles. The Morgan fingerprint density at radius 3 is 2.33 bits per heavy atom. The molecule has 0 radical (unpaired) electrons. The van der Waals surface area contributed by atoms with Crippen molar-refractivity contribution in [3.05, 3.63) is 42.5 Å². The summed E-state index contributed by atoms with van der Waals surface area (Å²) in [5.41, 5.74) is 1.33. The van der Waals surface area contributed by atoms with Gasteiger partial charge in [-0.25, -0.2) is 0 Å². The predicted octanol–water partition coefficient (Wildman–Crippen LogP) is -0.845. The zero-order chi connectivity index (χ0) is 10.2. The van der Waals surface area contributed by atoms with E-state index in [1.54, 1.807) is 30.3 Å². The van der Waals surface area contributed by atoms with Crippen LogP contribution < -0.4 is 51.4 Å². The van der Waals surface area contributed by atoms with Gasteiger partial charge in [-0.15, -0.1) is 0 Å². The first-order valence-electron chi connectivity index (χ1n) is 4.04. The third-order valence-corrected chi connectivity index (χ3v) is 2.94. The summed E-state index contributed by atoms with van der Waals surface area (Å²) in [6.07, 6.45) is 0. The van der Waals surface area contributed by atoms with Crippen molar-refractivity contribution in [1.82, 2.24) is 0 Å². The quantitative estimate of drug-likeness (QED) is 0.528. The molecule has 0 aliphatic heterocycles. The molecule has 0 saturated carbocycles. The van der Waals surface area contributed by atoms with E-state index in [4.69, 9.17) is 4.55 Å². The first kappa shape index (κ1) is 13.3. The Bertz CT molecular complexity index is 542. The van der Waals surface area contributed by atoms with Gasteiger partial charge in [-0.1, -0.05) is 36.4 Å². The maximum Gasteiger partial charge on any atom is 1.00 e. The summed E-state index contributed by atoms with van der Waals surface area (Å²) in [6, 6.07) is 11.9. The van der Waals surface area contributed by atoms with Gasteiger partial charge in [-0.05, 0) is 11.6 Å². The van der Waals surface area contributed by atoms with Crippen molar-refractivity contribution < 1.29 is 65.8 Å². The maximum atomic E-state index is 11.0. The van der Waals surface area contributed by atoms with Crippen LogP contribution in [0.1, 0.15) is 1.43 Å². The molecule has 0 bridgehead atoms. The molecule has 1 N–H and O–H groups in total. The van der Waals surface area contributed by atoms with Crippen LogP contribution in [0.2, 0.25) is 0 Å². The SMILES string of the molecule is O=S(=O)(O)c1ccc2cccccc1-2.[H-].[K+]. The van der Waals surface area contributed by atoms with Crippen LogP contribution in [0.3, 0.4) is 0 Å². The summed E-state index contributed by atoms with van der Waals surface area (Å²) in [6.45, 7) is 0. The van der Waals surface area contributed by atoms with Crippen LogP contribution >= 0.6 is 0 Å². The van der Waals surface area contributed by atoms with Crippen LogP contribution in [-0.4, -0.2) is 13.0 Å². The molecular weight excluding hydrogens is 239 g/mol. The van der Waals surface area contributed by atoms with E-state index >= 15 is 0 Å². The molecule has 15 heavy (non-hydrogen) atoms. The minimum Gasteiger partial charge on any atom is -1.00 e. The molecule has 2 aliphatic rings. The van der Waals surface area contributed by atoms with Gasteiger partial charge in [0.05, 0.1) is 0 Å². The Morgan fingerprint density at radius 2 is 1.67 bits per heavy atom. The summed E-state index contributed by atoms with van der Waals surface area (Å²) in [5, 5.41) is 0. The van der Waals surface area contributed by atoms with Gasteiger partial charge >= 0.3 is 51.4 Å². The van der Waals surface area contributed by atoms with Crippen molar-refractivity contribution in [2.45, 2.75) is 4.90 Å². The molecule has 0 amide bonds. The largest absolute Gasteiger partial charge is 1.00 e. The van der Waals surface area contributed by atoms with E-state index in [0.29, 0.717) is 5.56 Å². The average Bonchev–Trinajstić information content (AvgIpc) is 2.36. The number of hydrogen-bond donors (Lipinski definition) is 1. The number of rotatable bonds is 1. The van der Waals surface area contributed by atoms with Gasteiger partial charge in [0.2, 0.25) is 0 Å². The first-order chi connectivity index (χ1) is 6.59. The van der Waals surface area contributed by atoms with Crippen LogP contribution in [0, 0.1) is 0 Å². The molecule has 0 aromatic carbocycles. The fourth-order valence-corrected chi connectivity index (χ4v) is 2.11. The van der Waals surface area contributed by atoms with Crippen molar-refractivity contribution in [3.63, 3.8) is 0 Å². The van der Waals surface area contributed by atoms with E-state index in [2.05, 4.69) is 0 Å². The van der Waals surface area contributed by atoms with Gasteiger partial charge in [-0.3, -0.25) is 4.55 Å². The van der Waals surface area contributed by atoms with Crippen molar-refractivity contribution in [3.8, 4) is 11.1 Å². The second-order valence-electron chi connectivity index (χ2n) is 2.95. The molecule has 5 heteroatoms. The molecule has 0 aromatic rings. The Balaban J connectivity index is 0.00000112. The maximum absolute atomic E-state index is 11.0. The topological polar surface area (TPSA) is 54.4 Å². The second kappa shape index (κ2) is 5.05. The van der Waals surface area contributed by atoms with Crippen molar-refractivity contribution in [2.24, 2.45) is 0 Å². The Labute approximate surface area is 133 Å². The van der Waals surface area contributed by atoms with Crippen LogP contribution in [-0.2, 0) is 10.1 Å². The van der Waals surface area contributed by atoms with Gasteiger partial charge in [0.1, 0.15) is 4.90 Å². The van der Waals surface area contributed by atoms with E-state index in [0.717, 1.165) is 5.56 Å². The van der Waals surface area contributed by atoms with E-state index < -0.39 is 10.1 Å². The Hall–Kier alpha value is 0.246. The van der Waals surface area contributed by atoms with E-state index in [1.165, 1.54) is 6.07 Å². The standard InChI is InChI=1S/C10H8O3S.K.H/c11-14(12,13)10-7-6-8-4-2-1-3-5-9(8)10;;/h1-7H,(H,11,12,13);;/q;+1;-1. The summed E-state index contributed by atoms with van der Waals surface area (Å²) < 4.78 is 30.9. The first-order valence-corrected chi connectivity index (χ1v) is 5.48. The molecule has 74 valence electrons. The average molecular weight is 248 g/mol. The van der Waals surface area contributed by atoms with Crippen LogP contribution in [0.4, 0.5) is 0 Å². The minimum atomic E-state index is -4.12.